The van der Waals surface area contributed by atoms with Crippen molar-refractivity contribution in [1.82, 2.24) is 0 Å². The van der Waals surface area contributed by atoms with Crippen LogP contribution in [0.15, 0.2) is 12.1 Å². The number of aromatic hydroxyl groups is 1. The van der Waals surface area contributed by atoms with E-state index in [0.717, 1.165) is 0 Å². The van der Waals surface area contributed by atoms with Crippen molar-refractivity contribution in [2.45, 2.75) is 18.9 Å². The second kappa shape index (κ2) is 6.76. The molecule has 0 bridgehead atoms. The summed E-state index contributed by atoms with van der Waals surface area (Å²) < 4.78 is 9.56. The highest BCUT2D eigenvalue weighted by Crippen LogP contribution is 2.36. The second-order valence-corrected chi connectivity index (χ2v) is 4.15. The maximum absolute atomic E-state index is 11.5. The third kappa shape index (κ3) is 3.61. The highest BCUT2D eigenvalue weighted by atomic mass is 16.5. The highest BCUT2D eigenvalue weighted by Gasteiger charge is 2.20. The van der Waals surface area contributed by atoms with Crippen LogP contribution < -0.4 is 10.5 Å². The van der Waals surface area contributed by atoms with E-state index in [-0.39, 0.29) is 35.5 Å². The van der Waals surface area contributed by atoms with E-state index in [1.54, 1.807) is 0 Å². The number of rotatable bonds is 6. The van der Waals surface area contributed by atoms with Crippen molar-refractivity contribution in [2.24, 2.45) is 5.73 Å². The van der Waals surface area contributed by atoms with Gasteiger partial charge < -0.3 is 25.4 Å². The average molecular weight is 283 g/mol. The first-order chi connectivity index (χ1) is 9.40. The molecule has 0 aliphatic carbocycles. The van der Waals surface area contributed by atoms with Gasteiger partial charge in [0.15, 0.2) is 11.5 Å². The van der Waals surface area contributed by atoms with Crippen LogP contribution in [0.2, 0.25) is 0 Å². The summed E-state index contributed by atoms with van der Waals surface area (Å²) in [7, 11) is 2.56. The van der Waals surface area contributed by atoms with Crippen LogP contribution in [-0.4, -0.2) is 36.4 Å². The Kier molecular flexibility index (Phi) is 5.33. The molecule has 0 aliphatic heterocycles. The molecule has 4 N–H and O–H groups in total. The minimum absolute atomic E-state index is 0.0775. The van der Waals surface area contributed by atoms with Crippen molar-refractivity contribution < 1.29 is 29.3 Å². The summed E-state index contributed by atoms with van der Waals surface area (Å²) >= 11 is 0. The number of ether oxygens (including phenoxy) is 2. The van der Waals surface area contributed by atoms with E-state index in [9.17, 15) is 14.7 Å². The fourth-order valence-electron chi connectivity index (χ4n) is 1.74. The third-order valence-corrected chi connectivity index (χ3v) is 2.81. The van der Waals surface area contributed by atoms with Crippen LogP contribution in [-0.2, 0) is 9.53 Å². The van der Waals surface area contributed by atoms with Crippen molar-refractivity contribution in [3.8, 4) is 11.5 Å². The number of carboxylic acid groups (broad SMARTS) is 1. The van der Waals surface area contributed by atoms with Gasteiger partial charge in [0.1, 0.15) is 0 Å². The number of hydrogen-bond acceptors (Lipinski definition) is 6. The molecular formula is C13H17NO6. The molecule has 0 saturated carbocycles. The summed E-state index contributed by atoms with van der Waals surface area (Å²) in [4.78, 5) is 22.1. The quantitative estimate of drug-likeness (QED) is 0.667. The summed E-state index contributed by atoms with van der Waals surface area (Å²) in [6, 6.07) is 1.97. The Bertz CT molecular complexity index is 514. The zero-order valence-corrected chi connectivity index (χ0v) is 11.3. The van der Waals surface area contributed by atoms with Crippen LogP contribution >= 0.6 is 0 Å². The molecule has 0 spiro atoms. The number of phenolic OH excluding ortho intramolecular Hbond substituents is 1. The number of methoxy groups -OCH3 is 2. The summed E-state index contributed by atoms with van der Waals surface area (Å²) in [5.41, 5.74) is 6.26. The number of benzene rings is 1. The van der Waals surface area contributed by atoms with Crippen LogP contribution in [0.5, 0.6) is 11.5 Å². The van der Waals surface area contributed by atoms with Crippen molar-refractivity contribution in [3.63, 3.8) is 0 Å². The number of carbonyl (C=O) groups excluding carboxylic acids is 1. The standard InChI is InChI=1S/C13H17NO6/c1-19-10-6-7(13(18)20-2)5-8(12(10)17)9(14)3-4-11(15)16/h5-6,9,17H,3-4,14H2,1-2H3,(H,15,16). The summed E-state index contributed by atoms with van der Waals surface area (Å²) in [5, 5.41) is 18.6. The zero-order chi connectivity index (χ0) is 15.3. The van der Waals surface area contributed by atoms with Crippen LogP contribution in [0.1, 0.15) is 34.8 Å². The van der Waals surface area contributed by atoms with Crippen LogP contribution in [0.3, 0.4) is 0 Å². The molecule has 0 aliphatic rings. The highest BCUT2D eigenvalue weighted by molar-refractivity contribution is 5.90. The van der Waals surface area contributed by atoms with Crippen molar-refractivity contribution >= 4 is 11.9 Å². The SMILES string of the molecule is COC(=O)c1cc(OC)c(O)c(C(N)CCC(=O)O)c1. The molecular weight excluding hydrogens is 266 g/mol. The number of carbonyl (C=O) groups is 2. The van der Waals surface area contributed by atoms with E-state index in [0.29, 0.717) is 0 Å². The van der Waals surface area contributed by atoms with Gasteiger partial charge >= 0.3 is 11.9 Å². The minimum atomic E-state index is -0.990. The molecule has 0 fully saturated rings. The Hall–Kier alpha value is -2.28. The number of hydrogen-bond donors (Lipinski definition) is 3. The van der Waals surface area contributed by atoms with Crippen molar-refractivity contribution in [1.29, 1.82) is 0 Å². The first-order valence-electron chi connectivity index (χ1n) is 5.87. The molecule has 7 heteroatoms. The Morgan fingerprint density at radius 1 is 1.35 bits per heavy atom. The molecule has 0 aromatic heterocycles. The minimum Gasteiger partial charge on any atom is -0.504 e. The molecule has 7 nitrogen and oxygen atoms in total. The third-order valence-electron chi connectivity index (χ3n) is 2.81. The normalized spacial score (nSPS) is 11.8. The largest absolute Gasteiger partial charge is 0.504 e. The summed E-state index contributed by atoms with van der Waals surface area (Å²) in [6.07, 6.45) is -0.0257. The molecule has 1 rings (SSSR count). The molecule has 1 aromatic carbocycles. The van der Waals surface area contributed by atoms with E-state index >= 15 is 0 Å². The first-order valence-corrected chi connectivity index (χ1v) is 5.87. The number of aliphatic carboxylic acids is 1. The Labute approximate surface area is 115 Å². The zero-order valence-electron chi connectivity index (χ0n) is 11.3. The molecule has 20 heavy (non-hydrogen) atoms. The van der Waals surface area contributed by atoms with Gasteiger partial charge in [0.2, 0.25) is 0 Å². The fraction of sp³-hybridized carbons (Fsp3) is 0.385. The van der Waals surface area contributed by atoms with Gasteiger partial charge in [-0.15, -0.1) is 0 Å². The van der Waals surface area contributed by atoms with E-state index in [1.165, 1.54) is 26.4 Å². The molecule has 0 amide bonds. The van der Waals surface area contributed by atoms with Gasteiger partial charge in [-0.25, -0.2) is 4.79 Å². The Morgan fingerprint density at radius 2 is 2.00 bits per heavy atom. The van der Waals surface area contributed by atoms with Gasteiger partial charge in [0, 0.05) is 18.0 Å². The van der Waals surface area contributed by atoms with Gasteiger partial charge in [-0.2, -0.15) is 0 Å². The lowest BCUT2D eigenvalue weighted by Gasteiger charge is -2.16. The number of carboxylic acids is 1. The predicted molar refractivity (Wildman–Crippen MR) is 69.8 cm³/mol. The molecule has 110 valence electrons. The maximum atomic E-state index is 11.5. The summed E-state index contributed by atoms with van der Waals surface area (Å²) in [6.45, 7) is 0. The summed E-state index contributed by atoms with van der Waals surface area (Å²) in [5.74, 6) is -1.72. The number of nitrogens with two attached hydrogens (primary N) is 1. The average Bonchev–Trinajstić information content (AvgIpc) is 2.44. The maximum Gasteiger partial charge on any atom is 0.337 e. The van der Waals surface area contributed by atoms with E-state index < -0.39 is 18.0 Å². The van der Waals surface area contributed by atoms with Gasteiger partial charge in [0.25, 0.3) is 0 Å². The lowest BCUT2D eigenvalue weighted by Crippen LogP contribution is -2.14. The number of esters is 1. The van der Waals surface area contributed by atoms with E-state index in [2.05, 4.69) is 4.74 Å². The molecule has 1 atom stereocenters. The first kappa shape index (κ1) is 15.8. The monoisotopic (exact) mass is 283 g/mol. The molecule has 1 aromatic rings. The van der Waals surface area contributed by atoms with Crippen molar-refractivity contribution in [2.75, 3.05) is 14.2 Å². The smallest absolute Gasteiger partial charge is 0.337 e. The Morgan fingerprint density at radius 3 is 2.50 bits per heavy atom. The molecule has 0 heterocycles. The number of phenols is 1. The predicted octanol–water partition coefficient (Wildman–Crippen LogP) is 1.05. The second-order valence-electron chi connectivity index (χ2n) is 4.15. The lowest BCUT2D eigenvalue weighted by molar-refractivity contribution is -0.137. The Balaban J connectivity index is 3.15. The topological polar surface area (TPSA) is 119 Å². The van der Waals surface area contributed by atoms with Gasteiger partial charge in [-0.3, -0.25) is 4.79 Å². The lowest BCUT2D eigenvalue weighted by atomic mass is 9.99. The van der Waals surface area contributed by atoms with Crippen LogP contribution in [0.4, 0.5) is 0 Å². The molecule has 0 radical (unpaired) electrons. The van der Waals surface area contributed by atoms with Gasteiger partial charge in [-0.1, -0.05) is 0 Å². The van der Waals surface area contributed by atoms with E-state index in [4.69, 9.17) is 15.6 Å². The van der Waals surface area contributed by atoms with Crippen LogP contribution in [0, 0.1) is 0 Å². The van der Waals surface area contributed by atoms with E-state index in [1.807, 2.05) is 0 Å². The van der Waals surface area contributed by atoms with Crippen LogP contribution in [0.25, 0.3) is 0 Å². The van der Waals surface area contributed by atoms with Crippen molar-refractivity contribution in [3.05, 3.63) is 23.3 Å². The molecule has 0 saturated heterocycles. The van der Waals surface area contributed by atoms with Gasteiger partial charge in [-0.05, 0) is 18.6 Å². The fourth-order valence-corrected chi connectivity index (χ4v) is 1.74. The molecule has 1 unspecified atom stereocenters. The van der Waals surface area contributed by atoms with Gasteiger partial charge in [0.05, 0.1) is 19.8 Å².